The van der Waals surface area contributed by atoms with E-state index in [2.05, 4.69) is 0 Å². The van der Waals surface area contributed by atoms with E-state index >= 15 is 0 Å². The first-order valence-electron chi connectivity index (χ1n) is 6.60. The van der Waals surface area contributed by atoms with Crippen LogP contribution in [-0.4, -0.2) is 50.5 Å². The van der Waals surface area contributed by atoms with Crippen molar-refractivity contribution in [3.63, 3.8) is 0 Å². The van der Waals surface area contributed by atoms with Crippen molar-refractivity contribution < 1.29 is 14.6 Å². The van der Waals surface area contributed by atoms with E-state index in [0.29, 0.717) is 36.2 Å². The second-order valence-corrected chi connectivity index (χ2v) is 4.83. The molecule has 3 N–H and O–H groups in total. The van der Waals surface area contributed by atoms with Crippen molar-refractivity contribution in [1.82, 2.24) is 4.90 Å². The summed E-state index contributed by atoms with van der Waals surface area (Å²) in [5, 5.41) is 9.54. The topological polar surface area (TPSA) is 68.0 Å². The number of halogens is 1. The molecule has 1 unspecified atom stereocenters. The average molecular weight is 303 g/mol. The molecule has 0 bridgehead atoms. The van der Waals surface area contributed by atoms with E-state index in [-0.39, 0.29) is 12.6 Å². The highest BCUT2D eigenvalue weighted by Gasteiger charge is 2.19. The molecule has 1 aromatic rings. The highest BCUT2D eigenvalue weighted by molar-refractivity contribution is 6.32. The summed E-state index contributed by atoms with van der Waals surface area (Å²) in [4.78, 5) is 1.98. The number of aliphatic hydroxyl groups excluding tert-OH is 1. The van der Waals surface area contributed by atoms with Gasteiger partial charge >= 0.3 is 0 Å². The van der Waals surface area contributed by atoms with Crippen LogP contribution in [-0.2, 0) is 0 Å². The van der Waals surface area contributed by atoms with E-state index in [1.807, 2.05) is 31.0 Å². The first-order valence-corrected chi connectivity index (χ1v) is 6.98. The van der Waals surface area contributed by atoms with Crippen LogP contribution in [0.25, 0.3) is 0 Å². The normalized spacial score (nSPS) is 12.6. The molecule has 114 valence electrons. The molecule has 0 spiro atoms. The number of likely N-dealkylation sites (N-methyl/N-ethyl adjacent to an activating group) is 1. The van der Waals surface area contributed by atoms with Gasteiger partial charge in [-0.25, -0.2) is 0 Å². The molecular formula is C14H23ClN2O3. The lowest BCUT2D eigenvalue weighted by molar-refractivity contribution is 0.183. The molecule has 0 fully saturated rings. The number of ether oxygens (including phenoxy) is 2. The maximum atomic E-state index is 9.04. The lowest BCUT2D eigenvalue weighted by atomic mass is 10.0. The number of nitrogens with zero attached hydrogens (tertiary/aromatic N) is 1. The highest BCUT2D eigenvalue weighted by Crippen LogP contribution is 2.38. The summed E-state index contributed by atoms with van der Waals surface area (Å²) in [5.74, 6) is 1.13. The molecule has 0 radical (unpaired) electrons. The molecule has 6 heteroatoms. The zero-order valence-electron chi connectivity index (χ0n) is 12.2. The molecule has 0 amide bonds. The maximum Gasteiger partial charge on any atom is 0.179 e. The molecule has 1 rings (SSSR count). The number of hydrogen-bond acceptors (Lipinski definition) is 5. The van der Waals surface area contributed by atoms with Gasteiger partial charge in [0.05, 0.1) is 25.3 Å². The van der Waals surface area contributed by atoms with Crippen LogP contribution in [0, 0.1) is 0 Å². The van der Waals surface area contributed by atoms with Gasteiger partial charge in [-0.3, -0.25) is 4.90 Å². The SMILES string of the molecule is CCOc1c(Cl)cc(C(CN)N(C)CCO)cc1OC. The summed E-state index contributed by atoms with van der Waals surface area (Å²) in [5.41, 5.74) is 6.77. The first kappa shape index (κ1) is 17.0. The molecule has 20 heavy (non-hydrogen) atoms. The Morgan fingerprint density at radius 1 is 1.45 bits per heavy atom. The fraction of sp³-hybridized carbons (Fsp3) is 0.571. The van der Waals surface area contributed by atoms with Crippen LogP contribution in [0.4, 0.5) is 0 Å². The van der Waals surface area contributed by atoms with Gasteiger partial charge in [-0.1, -0.05) is 11.6 Å². The molecule has 0 aliphatic rings. The van der Waals surface area contributed by atoms with Crippen molar-refractivity contribution in [3.8, 4) is 11.5 Å². The minimum absolute atomic E-state index is 0.0378. The number of nitrogens with two attached hydrogens (primary N) is 1. The second-order valence-electron chi connectivity index (χ2n) is 4.42. The fourth-order valence-electron chi connectivity index (χ4n) is 2.10. The van der Waals surface area contributed by atoms with E-state index in [1.165, 1.54) is 0 Å². The Bertz CT molecular complexity index is 429. The van der Waals surface area contributed by atoms with Crippen molar-refractivity contribution in [2.45, 2.75) is 13.0 Å². The van der Waals surface area contributed by atoms with Crippen LogP contribution in [0.5, 0.6) is 11.5 Å². The molecule has 0 saturated heterocycles. The molecule has 1 aromatic carbocycles. The van der Waals surface area contributed by atoms with Gasteiger partial charge in [0, 0.05) is 19.1 Å². The Morgan fingerprint density at radius 3 is 2.65 bits per heavy atom. The quantitative estimate of drug-likeness (QED) is 0.764. The Kier molecular flexibility index (Phi) is 7.09. The predicted octanol–water partition coefficient (Wildman–Crippen LogP) is 1.67. The highest BCUT2D eigenvalue weighted by atomic mass is 35.5. The summed E-state index contributed by atoms with van der Waals surface area (Å²) in [6.45, 7) is 3.44. The van der Waals surface area contributed by atoms with Gasteiger partial charge in [0.25, 0.3) is 0 Å². The zero-order valence-corrected chi connectivity index (χ0v) is 13.0. The third-order valence-corrected chi connectivity index (χ3v) is 3.41. The van der Waals surface area contributed by atoms with Crippen LogP contribution in [0.15, 0.2) is 12.1 Å². The number of rotatable bonds is 8. The van der Waals surface area contributed by atoms with Crippen molar-refractivity contribution in [2.75, 3.05) is 40.5 Å². The van der Waals surface area contributed by atoms with Crippen LogP contribution in [0.3, 0.4) is 0 Å². The largest absolute Gasteiger partial charge is 0.493 e. The Labute approximate surface area is 125 Å². The van der Waals surface area contributed by atoms with Crippen molar-refractivity contribution in [1.29, 1.82) is 0 Å². The van der Waals surface area contributed by atoms with E-state index in [0.717, 1.165) is 5.56 Å². The summed E-state index contributed by atoms with van der Waals surface area (Å²) >= 11 is 6.26. The lowest BCUT2D eigenvalue weighted by Crippen LogP contribution is -2.32. The van der Waals surface area contributed by atoms with Gasteiger partial charge in [-0.15, -0.1) is 0 Å². The Morgan fingerprint density at radius 2 is 2.15 bits per heavy atom. The van der Waals surface area contributed by atoms with Gasteiger partial charge in [-0.2, -0.15) is 0 Å². The van der Waals surface area contributed by atoms with E-state index in [9.17, 15) is 0 Å². The summed E-state index contributed by atoms with van der Waals surface area (Å²) in [6.07, 6.45) is 0. The molecule has 0 aromatic heterocycles. The molecule has 1 atom stereocenters. The molecule has 0 aliphatic carbocycles. The minimum Gasteiger partial charge on any atom is -0.493 e. The molecule has 0 saturated carbocycles. The number of aliphatic hydroxyl groups is 1. The predicted molar refractivity (Wildman–Crippen MR) is 80.7 cm³/mol. The van der Waals surface area contributed by atoms with Crippen LogP contribution in [0.2, 0.25) is 5.02 Å². The average Bonchev–Trinajstić information content (AvgIpc) is 2.42. The van der Waals surface area contributed by atoms with E-state index in [1.54, 1.807) is 7.11 Å². The summed E-state index contributed by atoms with van der Waals surface area (Å²) < 4.78 is 10.8. The van der Waals surface area contributed by atoms with Gasteiger partial charge in [0.2, 0.25) is 0 Å². The standard InChI is InChI=1S/C14H23ClN2O3/c1-4-20-14-11(15)7-10(8-13(14)19-3)12(9-16)17(2)5-6-18/h7-8,12,18H,4-6,9,16H2,1-3H3. The maximum absolute atomic E-state index is 9.04. The second kappa shape index (κ2) is 8.32. The monoisotopic (exact) mass is 302 g/mol. The van der Waals surface area contributed by atoms with Crippen molar-refractivity contribution in [2.24, 2.45) is 5.73 Å². The van der Waals surface area contributed by atoms with Gasteiger partial charge in [0.1, 0.15) is 0 Å². The van der Waals surface area contributed by atoms with E-state index < -0.39 is 0 Å². The number of hydrogen-bond donors (Lipinski definition) is 2. The molecule has 0 aliphatic heterocycles. The zero-order chi connectivity index (χ0) is 15.1. The smallest absolute Gasteiger partial charge is 0.179 e. The molecule has 0 heterocycles. The molecular weight excluding hydrogens is 280 g/mol. The third kappa shape index (κ3) is 3.99. The molecule has 5 nitrogen and oxygen atoms in total. The Balaban J connectivity index is 3.14. The first-order chi connectivity index (χ1) is 9.58. The van der Waals surface area contributed by atoms with Crippen LogP contribution in [0.1, 0.15) is 18.5 Å². The number of methoxy groups -OCH3 is 1. The Hall–Kier alpha value is -1.01. The van der Waals surface area contributed by atoms with Gasteiger partial charge in [0.15, 0.2) is 11.5 Å². The lowest BCUT2D eigenvalue weighted by Gasteiger charge is -2.27. The summed E-state index contributed by atoms with van der Waals surface area (Å²) in [7, 11) is 3.48. The van der Waals surface area contributed by atoms with Gasteiger partial charge in [-0.05, 0) is 31.7 Å². The number of benzene rings is 1. The van der Waals surface area contributed by atoms with Crippen molar-refractivity contribution >= 4 is 11.6 Å². The third-order valence-electron chi connectivity index (χ3n) is 3.13. The minimum atomic E-state index is -0.0378. The fourth-order valence-corrected chi connectivity index (χ4v) is 2.37. The van der Waals surface area contributed by atoms with Crippen LogP contribution < -0.4 is 15.2 Å². The van der Waals surface area contributed by atoms with Crippen molar-refractivity contribution in [3.05, 3.63) is 22.7 Å². The summed E-state index contributed by atoms with van der Waals surface area (Å²) in [6, 6.07) is 3.67. The van der Waals surface area contributed by atoms with Crippen LogP contribution >= 0.6 is 11.6 Å². The van der Waals surface area contributed by atoms with Gasteiger partial charge < -0.3 is 20.3 Å². The van der Waals surface area contributed by atoms with E-state index in [4.69, 9.17) is 31.9 Å².